The third-order valence-electron chi connectivity index (χ3n) is 2.01. The number of carboxylic acid groups (broad SMARTS) is 1. The SMILES string of the molecule is C=CCN(CC(=O)O)C(=O)NCCCCOC. The molecular weight excluding hydrogens is 224 g/mol. The van der Waals surface area contributed by atoms with Crippen molar-refractivity contribution in [3.63, 3.8) is 0 Å². The number of rotatable bonds is 9. The summed E-state index contributed by atoms with van der Waals surface area (Å²) < 4.78 is 4.87. The van der Waals surface area contributed by atoms with Crippen LogP contribution in [-0.4, -0.2) is 55.4 Å². The molecule has 0 spiro atoms. The Labute approximate surface area is 101 Å². The molecule has 0 fully saturated rings. The van der Waals surface area contributed by atoms with E-state index in [0.29, 0.717) is 13.2 Å². The van der Waals surface area contributed by atoms with Crippen LogP contribution in [0.4, 0.5) is 4.79 Å². The van der Waals surface area contributed by atoms with Crippen LogP contribution in [-0.2, 0) is 9.53 Å². The molecule has 6 nitrogen and oxygen atoms in total. The summed E-state index contributed by atoms with van der Waals surface area (Å²) in [6.45, 7) is 4.54. The Morgan fingerprint density at radius 1 is 1.47 bits per heavy atom. The van der Waals surface area contributed by atoms with Crippen LogP contribution in [0.3, 0.4) is 0 Å². The third kappa shape index (κ3) is 8.27. The molecule has 0 aromatic heterocycles. The summed E-state index contributed by atoms with van der Waals surface area (Å²) in [5.74, 6) is -1.04. The summed E-state index contributed by atoms with van der Waals surface area (Å²) in [4.78, 5) is 23.3. The number of hydrogen-bond donors (Lipinski definition) is 2. The number of ether oxygens (including phenoxy) is 1. The van der Waals surface area contributed by atoms with E-state index in [1.165, 1.54) is 11.0 Å². The molecule has 0 bridgehead atoms. The highest BCUT2D eigenvalue weighted by atomic mass is 16.5. The molecule has 0 rings (SSSR count). The lowest BCUT2D eigenvalue weighted by atomic mass is 10.3. The molecule has 6 heteroatoms. The molecule has 0 aromatic carbocycles. The van der Waals surface area contributed by atoms with Gasteiger partial charge in [0.25, 0.3) is 0 Å². The standard InChI is InChI=1S/C11H20N2O4/c1-3-7-13(9-10(14)15)11(16)12-6-4-5-8-17-2/h3H,1,4-9H2,2H3,(H,12,16)(H,14,15). The predicted molar refractivity (Wildman–Crippen MR) is 63.9 cm³/mol. The van der Waals surface area contributed by atoms with Gasteiger partial charge in [-0.2, -0.15) is 0 Å². The van der Waals surface area contributed by atoms with Gasteiger partial charge < -0.3 is 20.1 Å². The maximum atomic E-state index is 11.6. The second kappa shape index (κ2) is 9.65. The van der Waals surface area contributed by atoms with E-state index in [-0.39, 0.29) is 19.1 Å². The van der Waals surface area contributed by atoms with E-state index in [2.05, 4.69) is 11.9 Å². The first kappa shape index (κ1) is 15.4. The van der Waals surface area contributed by atoms with Crippen LogP contribution in [0.25, 0.3) is 0 Å². The summed E-state index contributed by atoms with van der Waals surface area (Å²) in [7, 11) is 1.62. The van der Waals surface area contributed by atoms with E-state index < -0.39 is 5.97 Å². The molecule has 98 valence electrons. The minimum Gasteiger partial charge on any atom is -0.480 e. The lowest BCUT2D eigenvalue weighted by Crippen LogP contribution is -2.43. The maximum Gasteiger partial charge on any atom is 0.323 e. The van der Waals surface area contributed by atoms with E-state index >= 15 is 0 Å². The Morgan fingerprint density at radius 3 is 2.71 bits per heavy atom. The number of carbonyl (C=O) groups is 2. The number of amides is 2. The smallest absolute Gasteiger partial charge is 0.323 e. The molecule has 0 atom stereocenters. The van der Waals surface area contributed by atoms with Gasteiger partial charge in [0.15, 0.2) is 0 Å². The Hall–Kier alpha value is -1.56. The Balaban J connectivity index is 3.88. The molecule has 0 aromatic rings. The molecule has 0 heterocycles. The number of hydrogen-bond acceptors (Lipinski definition) is 3. The first-order chi connectivity index (χ1) is 8.11. The molecule has 2 N–H and O–H groups in total. The number of nitrogens with one attached hydrogen (secondary N) is 1. The molecule has 0 radical (unpaired) electrons. The van der Waals surface area contributed by atoms with Crippen LogP contribution in [0.15, 0.2) is 12.7 Å². The molecule has 0 aliphatic heterocycles. The number of nitrogens with zero attached hydrogens (tertiary/aromatic N) is 1. The average Bonchev–Trinajstić information content (AvgIpc) is 2.27. The van der Waals surface area contributed by atoms with E-state index in [4.69, 9.17) is 9.84 Å². The zero-order chi connectivity index (χ0) is 13.1. The highest BCUT2D eigenvalue weighted by Gasteiger charge is 2.14. The van der Waals surface area contributed by atoms with Crippen molar-refractivity contribution in [2.75, 3.05) is 33.4 Å². The van der Waals surface area contributed by atoms with E-state index in [1.54, 1.807) is 7.11 Å². The number of aliphatic carboxylic acids is 1. The van der Waals surface area contributed by atoms with Gasteiger partial charge in [0.2, 0.25) is 0 Å². The Morgan fingerprint density at radius 2 is 2.18 bits per heavy atom. The summed E-state index contributed by atoms with van der Waals surface area (Å²) >= 11 is 0. The largest absolute Gasteiger partial charge is 0.480 e. The summed E-state index contributed by atoms with van der Waals surface area (Å²) in [5.41, 5.74) is 0. The maximum absolute atomic E-state index is 11.6. The highest BCUT2D eigenvalue weighted by molar-refractivity contribution is 5.80. The van der Waals surface area contributed by atoms with Crippen molar-refractivity contribution in [1.29, 1.82) is 0 Å². The molecule has 0 saturated heterocycles. The first-order valence-corrected chi connectivity index (χ1v) is 5.46. The van der Waals surface area contributed by atoms with Crippen LogP contribution >= 0.6 is 0 Å². The van der Waals surface area contributed by atoms with E-state index in [0.717, 1.165) is 12.8 Å². The number of carbonyl (C=O) groups excluding carboxylic acids is 1. The van der Waals surface area contributed by atoms with Crippen LogP contribution in [0.2, 0.25) is 0 Å². The van der Waals surface area contributed by atoms with Gasteiger partial charge in [0, 0.05) is 26.8 Å². The van der Waals surface area contributed by atoms with Gasteiger partial charge in [-0.1, -0.05) is 6.08 Å². The fraction of sp³-hybridized carbons (Fsp3) is 0.636. The van der Waals surface area contributed by atoms with Crippen LogP contribution in [0, 0.1) is 0 Å². The van der Waals surface area contributed by atoms with Crippen molar-refractivity contribution in [3.05, 3.63) is 12.7 Å². The van der Waals surface area contributed by atoms with E-state index in [9.17, 15) is 9.59 Å². The van der Waals surface area contributed by atoms with Gasteiger partial charge in [0.05, 0.1) is 0 Å². The van der Waals surface area contributed by atoms with Gasteiger partial charge >= 0.3 is 12.0 Å². The van der Waals surface area contributed by atoms with Crippen molar-refractivity contribution < 1.29 is 19.4 Å². The highest BCUT2D eigenvalue weighted by Crippen LogP contribution is 1.92. The van der Waals surface area contributed by atoms with Crippen molar-refractivity contribution >= 4 is 12.0 Å². The first-order valence-electron chi connectivity index (χ1n) is 5.46. The van der Waals surface area contributed by atoms with Crippen LogP contribution in [0.5, 0.6) is 0 Å². The molecule has 2 amide bonds. The van der Waals surface area contributed by atoms with Crippen molar-refractivity contribution in [3.8, 4) is 0 Å². The van der Waals surface area contributed by atoms with Crippen molar-refractivity contribution in [1.82, 2.24) is 10.2 Å². The number of unbranched alkanes of at least 4 members (excludes halogenated alkanes) is 1. The predicted octanol–water partition coefficient (Wildman–Crippen LogP) is 0.695. The number of carboxylic acids is 1. The van der Waals surface area contributed by atoms with Crippen molar-refractivity contribution in [2.45, 2.75) is 12.8 Å². The zero-order valence-electron chi connectivity index (χ0n) is 10.1. The minimum atomic E-state index is -1.04. The molecule has 0 aliphatic rings. The lowest BCUT2D eigenvalue weighted by Gasteiger charge is -2.19. The van der Waals surface area contributed by atoms with Crippen molar-refractivity contribution in [2.24, 2.45) is 0 Å². The summed E-state index contributed by atoms with van der Waals surface area (Å²) in [6, 6.07) is -0.385. The summed E-state index contributed by atoms with van der Waals surface area (Å²) in [6.07, 6.45) is 3.15. The fourth-order valence-corrected chi connectivity index (χ4v) is 1.22. The topological polar surface area (TPSA) is 78.9 Å². The molecule has 0 saturated carbocycles. The molecule has 17 heavy (non-hydrogen) atoms. The Bertz CT molecular complexity index is 256. The van der Waals surface area contributed by atoms with Crippen LogP contribution < -0.4 is 5.32 Å². The summed E-state index contributed by atoms with van der Waals surface area (Å²) in [5, 5.41) is 11.3. The van der Waals surface area contributed by atoms with Gasteiger partial charge in [-0.25, -0.2) is 4.79 Å². The molecule has 0 aliphatic carbocycles. The van der Waals surface area contributed by atoms with E-state index in [1.807, 2.05) is 0 Å². The monoisotopic (exact) mass is 244 g/mol. The second-order valence-corrected chi connectivity index (χ2v) is 3.49. The number of methoxy groups -OCH3 is 1. The van der Waals surface area contributed by atoms with Gasteiger partial charge in [0.1, 0.15) is 6.54 Å². The third-order valence-corrected chi connectivity index (χ3v) is 2.01. The normalized spacial score (nSPS) is 9.71. The zero-order valence-corrected chi connectivity index (χ0v) is 10.1. The van der Waals surface area contributed by atoms with Crippen LogP contribution in [0.1, 0.15) is 12.8 Å². The fourth-order valence-electron chi connectivity index (χ4n) is 1.22. The second-order valence-electron chi connectivity index (χ2n) is 3.49. The quantitative estimate of drug-likeness (QED) is 0.462. The van der Waals surface area contributed by atoms with Gasteiger partial charge in [-0.3, -0.25) is 4.79 Å². The molecular formula is C11H20N2O4. The molecule has 0 unspecified atom stereocenters. The minimum absolute atomic E-state index is 0.218. The Kier molecular flexibility index (Phi) is 8.77. The van der Waals surface area contributed by atoms with Gasteiger partial charge in [-0.15, -0.1) is 6.58 Å². The average molecular weight is 244 g/mol. The number of urea groups is 1. The van der Waals surface area contributed by atoms with Gasteiger partial charge in [-0.05, 0) is 12.8 Å². The lowest BCUT2D eigenvalue weighted by molar-refractivity contribution is -0.137.